The van der Waals surface area contributed by atoms with Gasteiger partial charge in [0.05, 0.1) is 26.4 Å². The molecule has 43 heavy (non-hydrogen) atoms. The summed E-state index contributed by atoms with van der Waals surface area (Å²) in [5, 5.41) is 0. The summed E-state index contributed by atoms with van der Waals surface area (Å²) in [6.45, 7) is 8.15. The molecule has 0 amide bonds. The van der Waals surface area contributed by atoms with Crippen LogP contribution in [0.25, 0.3) is 12.2 Å². The number of carbonyl (C=O) groups excluding carboxylic acids is 4. The highest BCUT2D eigenvalue weighted by molar-refractivity contribution is 6.18. The molecule has 0 atom stereocenters. The molecule has 2 rings (SSSR count). The number of rotatable bonds is 18. The Labute approximate surface area is 252 Å². The van der Waals surface area contributed by atoms with E-state index in [4.69, 9.17) is 28.4 Å². The molecule has 0 saturated heterocycles. The first-order valence-electron chi connectivity index (χ1n) is 14.4. The Morgan fingerprint density at radius 3 is 1.02 bits per heavy atom. The summed E-state index contributed by atoms with van der Waals surface area (Å²) in [7, 11) is 0. The molecule has 0 heterocycles. The normalized spacial score (nSPS) is 10.1. The van der Waals surface area contributed by atoms with Gasteiger partial charge < -0.3 is 28.4 Å². The van der Waals surface area contributed by atoms with Gasteiger partial charge in [-0.3, -0.25) is 0 Å². The Morgan fingerprint density at radius 1 is 0.488 bits per heavy atom. The van der Waals surface area contributed by atoms with Gasteiger partial charge in [-0.2, -0.15) is 0 Å². The average molecular weight is 597 g/mol. The zero-order chi connectivity index (χ0) is 31.5. The quantitative estimate of drug-likeness (QED) is 0.0530. The Morgan fingerprint density at radius 2 is 0.767 bits per heavy atom. The van der Waals surface area contributed by atoms with Crippen LogP contribution in [0.3, 0.4) is 0 Å². The molecule has 0 aromatic heterocycles. The van der Waals surface area contributed by atoms with E-state index >= 15 is 0 Å². The van der Waals surface area contributed by atoms with E-state index in [0.717, 1.165) is 0 Å². The molecule has 10 heteroatoms. The summed E-state index contributed by atoms with van der Waals surface area (Å²) in [4.78, 5) is 49.5. The molecular formula is C33H40O10. The third-order valence-corrected chi connectivity index (χ3v) is 5.46. The largest absolute Gasteiger partial charge is 0.462 e. The zero-order valence-electron chi connectivity index (χ0n) is 25.2. The maximum absolute atomic E-state index is 12.4. The maximum Gasteiger partial charge on any atom is 0.345 e. The second kappa shape index (κ2) is 19.5. The van der Waals surface area contributed by atoms with Crippen molar-refractivity contribution in [2.45, 2.75) is 53.4 Å². The molecule has 0 spiro atoms. The smallest absolute Gasteiger partial charge is 0.345 e. The molecule has 0 bridgehead atoms. The number of esters is 4. The van der Waals surface area contributed by atoms with Gasteiger partial charge in [0.25, 0.3) is 0 Å². The van der Waals surface area contributed by atoms with Gasteiger partial charge in [-0.1, -0.05) is 52.0 Å². The van der Waals surface area contributed by atoms with Crippen LogP contribution in [0.15, 0.2) is 59.7 Å². The van der Waals surface area contributed by atoms with Gasteiger partial charge in [-0.25, -0.2) is 19.2 Å². The highest BCUT2D eigenvalue weighted by atomic mass is 16.7. The van der Waals surface area contributed by atoms with Crippen LogP contribution in [0.5, 0.6) is 11.5 Å². The molecule has 2 aromatic rings. The molecule has 0 fully saturated rings. The van der Waals surface area contributed by atoms with E-state index in [9.17, 15) is 19.2 Å². The molecule has 2 aromatic carbocycles. The predicted octanol–water partition coefficient (Wildman–Crippen LogP) is 5.68. The van der Waals surface area contributed by atoms with Gasteiger partial charge >= 0.3 is 23.9 Å². The van der Waals surface area contributed by atoms with Gasteiger partial charge in [0.2, 0.25) is 6.79 Å². The zero-order valence-corrected chi connectivity index (χ0v) is 25.2. The van der Waals surface area contributed by atoms with Crippen molar-refractivity contribution in [1.29, 1.82) is 0 Å². The van der Waals surface area contributed by atoms with Crippen LogP contribution in [-0.2, 0) is 38.1 Å². The molecule has 0 aliphatic rings. The van der Waals surface area contributed by atoms with Crippen molar-refractivity contribution in [3.05, 3.63) is 70.8 Å². The Hall–Kier alpha value is -4.60. The molecule has 0 unspecified atom stereocenters. The first kappa shape index (κ1) is 34.6. The summed E-state index contributed by atoms with van der Waals surface area (Å²) in [5.41, 5.74) is 0.815. The fraction of sp³-hybridized carbons (Fsp3) is 0.394. The van der Waals surface area contributed by atoms with Crippen molar-refractivity contribution in [1.82, 2.24) is 0 Å². The lowest BCUT2D eigenvalue weighted by molar-refractivity contribution is -0.148. The number of hydrogen-bond donors (Lipinski definition) is 0. The van der Waals surface area contributed by atoms with Crippen LogP contribution in [0.2, 0.25) is 0 Å². The van der Waals surface area contributed by atoms with Crippen molar-refractivity contribution in [3.8, 4) is 11.5 Å². The summed E-state index contributed by atoms with van der Waals surface area (Å²) in [6.07, 6.45) is 5.36. The van der Waals surface area contributed by atoms with E-state index in [1.165, 1.54) is 12.2 Å². The lowest BCUT2D eigenvalue weighted by Crippen LogP contribution is -2.19. The highest BCUT2D eigenvalue weighted by Crippen LogP contribution is 2.19. The number of ether oxygens (including phenoxy) is 6. The van der Waals surface area contributed by atoms with E-state index in [1.807, 2.05) is 27.7 Å². The lowest BCUT2D eigenvalue weighted by atomic mass is 10.1. The second-order valence-electron chi connectivity index (χ2n) is 9.20. The Kier molecular flexibility index (Phi) is 15.7. The SMILES string of the molecule is CCCOC(=O)C(=Cc1ccc(OCOc2ccc(C=C(C(=O)OCCC)C(=O)OCCC)cc2)cc1)C(=O)OCCC. The molecule has 0 N–H and O–H groups in total. The second-order valence-corrected chi connectivity index (χ2v) is 9.20. The summed E-state index contributed by atoms with van der Waals surface area (Å²) < 4.78 is 31.8. The molecule has 232 valence electrons. The molecule has 10 nitrogen and oxygen atoms in total. The van der Waals surface area contributed by atoms with E-state index in [2.05, 4.69) is 0 Å². The number of hydrogen-bond acceptors (Lipinski definition) is 10. The lowest BCUT2D eigenvalue weighted by Gasteiger charge is -2.10. The van der Waals surface area contributed by atoms with Gasteiger partial charge in [-0.15, -0.1) is 0 Å². The minimum Gasteiger partial charge on any atom is -0.462 e. The monoisotopic (exact) mass is 596 g/mol. The minimum absolute atomic E-state index is 0.0970. The van der Waals surface area contributed by atoms with Crippen molar-refractivity contribution >= 4 is 36.0 Å². The summed E-state index contributed by atoms with van der Waals surface area (Å²) in [6, 6.07) is 13.4. The van der Waals surface area contributed by atoms with Crippen LogP contribution in [0.4, 0.5) is 0 Å². The first-order chi connectivity index (χ1) is 20.8. The predicted molar refractivity (Wildman–Crippen MR) is 160 cm³/mol. The van der Waals surface area contributed by atoms with Crippen molar-refractivity contribution in [2.75, 3.05) is 33.2 Å². The Balaban J connectivity index is 2.02. The van der Waals surface area contributed by atoms with E-state index in [1.54, 1.807) is 48.5 Å². The van der Waals surface area contributed by atoms with Gasteiger partial charge in [0, 0.05) is 0 Å². The summed E-state index contributed by atoms with van der Waals surface area (Å²) in [5.74, 6) is -1.93. The third kappa shape index (κ3) is 12.4. The number of carbonyl (C=O) groups is 4. The van der Waals surface area contributed by atoms with Crippen LogP contribution < -0.4 is 9.47 Å². The molecule has 0 aliphatic heterocycles. The Bertz CT molecular complexity index is 1100. The summed E-state index contributed by atoms with van der Waals surface area (Å²) >= 11 is 0. The van der Waals surface area contributed by atoms with Crippen LogP contribution in [-0.4, -0.2) is 57.1 Å². The van der Waals surface area contributed by atoms with Crippen LogP contribution in [0, 0.1) is 0 Å². The number of benzene rings is 2. The molecule has 0 aliphatic carbocycles. The fourth-order valence-corrected chi connectivity index (χ4v) is 3.31. The van der Waals surface area contributed by atoms with Crippen LogP contribution >= 0.6 is 0 Å². The standard InChI is InChI=1S/C33H40O10/c1-5-17-38-30(34)28(31(35)39-18-6-2)21-24-9-13-26(14-10-24)42-23-43-27-15-11-25(12-16-27)22-29(32(36)40-19-7-3)33(37)41-20-8-4/h9-16,21-22H,5-8,17-20,23H2,1-4H3. The molecule has 0 radical (unpaired) electrons. The van der Waals surface area contributed by atoms with Crippen molar-refractivity contribution in [3.63, 3.8) is 0 Å². The van der Waals surface area contributed by atoms with E-state index < -0.39 is 23.9 Å². The van der Waals surface area contributed by atoms with Gasteiger partial charge in [0.1, 0.15) is 22.6 Å². The molecule has 0 saturated carbocycles. The van der Waals surface area contributed by atoms with Crippen LogP contribution in [0.1, 0.15) is 64.5 Å². The fourth-order valence-electron chi connectivity index (χ4n) is 3.31. The van der Waals surface area contributed by atoms with E-state index in [0.29, 0.717) is 48.3 Å². The van der Waals surface area contributed by atoms with Gasteiger partial charge in [-0.05, 0) is 73.2 Å². The average Bonchev–Trinajstić information content (AvgIpc) is 3.02. The third-order valence-electron chi connectivity index (χ3n) is 5.46. The topological polar surface area (TPSA) is 124 Å². The van der Waals surface area contributed by atoms with Gasteiger partial charge in [0.15, 0.2) is 0 Å². The highest BCUT2D eigenvalue weighted by Gasteiger charge is 2.22. The maximum atomic E-state index is 12.4. The molecular weight excluding hydrogens is 556 g/mol. The first-order valence-corrected chi connectivity index (χ1v) is 14.4. The van der Waals surface area contributed by atoms with E-state index in [-0.39, 0.29) is 44.4 Å². The van der Waals surface area contributed by atoms with Crippen molar-refractivity contribution in [2.24, 2.45) is 0 Å². The van der Waals surface area contributed by atoms with Crippen molar-refractivity contribution < 1.29 is 47.6 Å². The minimum atomic E-state index is -0.734.